The molecule has 0 saturated carbocycles. The Morgan fingerprint density at radius 1 is 1.13 bits per heavy atom. The molecule has 0 aliphatic carbocycles. The first-order valence-electron chi connectivity index (χ1n) is 8.00. The maximum atomic E-state index is 6.44. The van der Waals surface area contributed by atoms with Crippen LogP contribution in [0, 0.1) is 0 Å². The third-order valence-electron chi connectivity index (χ3n) is 4.17. The smallest absolute Gasteiger partial charge is 0.0594 e. The summed E-state index contributed by atoms with van der Waals surface area (Å²) in [6, 6.07) is 12.4. The minimum atomic E-state index is 0.259. The zero-order valence-electron chi connectivity index (χ0n) is 13.1. The standard InChI is InChI=1S/C18H22ClN3O/c19-17-4-2-1-3-16(17)18(22-9-11-23-12-10-22)14-21-13-15-5-7-20-8-6-15/h1-8,18,21H,9-14H2. The van der Waals surface area contributed by atoms with Crippen LogP contribution in [0.4, 0.5) is 0 Å². The molecule has 1 aliphatic heterocycles. The molecule has 1 fully saturated rings. The van der Waals surface area contributed by atoms with Gasteiger partial charge in [-0.15, -0.1) is 0 Å². The molecule has 23 heavy (non-hydrogen) atoms. The molecule has 0 spiro atoms. The second-order valence-corrected chi connectivity index (χ2v) is 6.08. The van der Waals surface area contributed by atoms with Crippen molar-refractivity contribution in [3.8, 4) is 0 Å². The van der Waals surface area contributed by atoms with Crippen LogP contribution in [0.2, 0.25) is 5.02 Å². The SMILES string of the molecule is Clc1ccccc1C(CNCc1ccncc1)N1CCOCC1. The van der Waals surface area contributed by atoms with Crippen LogP contribution in [0.15, 0.2) is 48.8 Å². The molecule has 1 saturated heterocycles. The first-order chi connectivity index (χ1) is 11.3. The Kier molecular flexibility index (Phi) is 6.00. The van der Waals surface area contributed by atoms with Gasteiger partial charge in [-0.05, 0) is 29.3 Å². The van der Waals surface area contributed by atoms with Gasteiger partial charge in [0.25, 0.3) is 0 Å². The lowest BCUT2D eigenvalue weighted by Crippen LogP contribution is -2.42. The number of rotatable bonds is 6. The molecule has 2 aromatic rings. The minimum absolute atomic E-state index is 0.259. The summed E-state index contributed by atoms with van der Waals surface area (Å²) in [7, 11) is 0. The number of morpholine rings is 1. The van der Waals surface area contributed by atoms with Gasteiger partial charge in [0.2, 0.25) is 0 Å². The molecular formula is C18H22ClN3O. The molecule has 1 aromatic carbocycles. The van der Waals surface area contributed by atoms with Crippen LogP contribution in [0.1, 0.15) is 17.2 Å². The normalized spacial score (nSPS) is 17.1. The summed E-state index contributed by atoms with van der Waals surface area (Å²) in [6.07, 6.45) is 3.65. The molecule has 3 rings (SSSR count). The van der Waals surface area contributed by atoms with E-state index in [1.807, 2.05) is 36.7 Å². The second-order valence-electron chi connectivity index (χ2n) is 5.67. The van der Waals surface area contributed by atoms with Gasteiger partial charge < -0.3 is 10.1 Å². The zero-order chi connectivity index (χ0) is 15.9. The highest BCUT2D eigenvalue weighted by molar-refractivity contribution is 6.31. The quantitative estimate of drug-likeness (QED) is 0.883. The van der Waals surface area contributed by atoms with Crippen LogP contribution in [0.5, 0.6) is 0 Å². The van der Waals surface area contributed by atoms with Crippen LogP contribution >= 0.6 is 11.6 Å². The first kappa shape index (κ1) is 16.4. The van der Waals surface area contributed by atoms with Crippen molar-refractivity contribution in [1.29, 1.82) is 0 Å². The van der Waals surface area contributed by atoms with Crippen molar-refractivity contribution in [3.63, 3.8) is 0 Å². The average Bonchev–Trinajstić information content (AvgIpc) is 2.61. The van der Waals surface area contributed by atoms with E-state index in [1.165, 1.54) is 11.1 Å². The Labute approximate surface area is 142 Å². The van der Waals surface area contributed by atoms with Crippen LogP contribution in [-0.4, -0.2) is 42.7 Å². The number of aromatic nitrogens is 1. The maximum absolute atomic E-state index is 6.44. The minimum Gasteiger partial charge on any atom is -0.379 e. The highest BCUT2D eigenvalue weighted by atomic mass is 35.5. The van der Waals surface area contributed by atoms with E-state index in [9.17, 15) is 0 Å². The molecule has 1 aliphatic rings. The number of hydrogen-bond acceptors (Lipinski definition) is 4. The Morgan fingerprint density at radius 2 is 1.87 bits per heavy atom. The van der Waals surface area contributed by atoms with Crippen LogP contribution in [-0.2, 0) is 11.3 Å². The predicted molar refractivity (Wildman–Crippen MR) is 92.5 cm³/mol. The van der Waals surface area contributed by atoms with Crippen molar-refractivity contribution in [1.82, 2.24) is 15.2 Å². The van der Waals surface area contributed by atoms with Crippen LogP contribution < -0.4 is 5.32 Å². The Balaban J connectivity index is 1.69. The van der Waals surface area contributed by atoms with Gasteiger partial charge in [-0.25, -0.2) is 0 Å². The largest absolute Gasteiger partial charge is 0.379 e. The number of hydrogen-bond donors (Lipinski definition) is 1. The fourth-order valence-corrected chi connectivity index (χ4v) is 3.19. The number of pyridine rings is 1. The number of nitrogens with zero attached hydrogens (tertiary/aromatic N) is 2. The van der Waals surface area contributed by atoms with E-state index in [4.69, 9.17) is 16.3 Å². The van der Waals surface area contributed by atoms with E-state index in [0.717, 1.165) is 44.4 Å². The maximum Gasteiger partial charge on any atom is 0.0594 e. The second kappa shape index (κ2) is 8.41. The van der Waals surface area contributed by atoms with Crippen molar-refractivity contribution < 1.29 is 4.74 Å². The van der Waals surface area contributed by atoms with Crippen LogP contribution in [0.3, 0.4) is 0 Å². The Hall–Kier alpha value is -1.46. The summed E-state index contributed by atoms with van der Waals surface area (Å²) in [5.74, 6) is 0. The summed E-state index contributed by atoms with van der Waals surface area (Å²) >= 11 is 6.44. The summed E-state index contributed by atoms with van der Waals surface area (Å²) in [5, 5.41) is 4.38. The Bertz CT molecular complexity index is 602. The summed E-state index contributed by atoms with van der Waals surface area (Å²) in [4.78, 5) is 6.50. The zero-order valence-corrected chi connectivity index (χ0v) is 13.9. The topological polar surface area (TPSA) is 37.4 Å². The molecule has 1 N–H and O–H groups in total. The molecule has 5 heteroatoms. The predicted octanol–water partition coefficient (Wildman–Crippen LogP) is 2.90. The van der Waals surface area contributed by atoms with Crippen LogP contribution in [0.25, 0.3) is 0 Å². The molecule has 1 aromatic heterocycles. The highest BCUT2D eigenvalue weighted by Crippen LogP contribution is 2.27. The van der Waals surface area contributed by atoms with E-state index in [-0.39, 0.29) is 6.04 Å². The lowest BCUT2D eigenvalue weighted by molar-refractivity contribution is 0.0161. The van der Waals surface area contributed by atoms with Crippen molar-refractivity contribution in [2.24, 2.45) is 0 Å². The molecule has 0 amide bonds. The molecule has 0 radical (unpaired) electrons. The van der Waals surface area contributed by atoms with Gasteiger partial charge in [-0.2, -0.15) is 0 Å². The molecule has 2 heterocycles. The monoisotopic (exact) mass is 331 g/mol. The van der Waals surface area contributed by atoms with E-state index < -0.39 is 0 Å². The van der Waals surface area contributed by atoms with Crippen molar-refractivity contribution in [2.45, 2.75) is 12.6 Å². The lowest BCUT2D eigenvalue weighted by atomic mass is 10.0. The van der Waals surface area contributed by atoms with Crippen molar-refractivity contribution >= 4 is 11.6 Å². The molecule has 1 unspecified atom stereocenters. The third-order valence-corrected chi connectivity index (χ3v) is 4.51. The average molecular weight is 332 g/mol. The molecule has 1 atom stereocenters. The van der Waals surface area contributed by atoms with Gasteiger partial charge in [0.1, 0.15) is 0 Å². The van der Waals surface area contributed by atoms with Gasteiger partial charge in [-0.3, -0.25) is 9.88 Å². The lowest BCUT2D eigenvalue weighted by Gasteiger charge is -2.35. The number of ether oxygens (including phenoxy) is 1. The van der Waals surface area contributed by atoms with Gasteiger partial charge in [0.15, 0.2) is 0 Å². The van der Waals surface area contributed by atoms with E-state index in [1.54, 1.807) is 0 Å². The summed E-state index contributed by atoms with van der Waals surface area (Å²) < 4.78 is 5.49. The fourth-order valence-electron chi connectivity index (χ4n) is 2.92. The van der Waals surface area contributed by atoms with E-state index in [2.05, 4.69) is 27.3 Å². The molecular weight excluding hydrogens is 310 g/mol. The van der Waals surface area contributed by atoms with Crippen molar-refractivity contribution in [3.05, 3.63) is 64.9 Å². The van der Waals surface area contributed by atoms with Gasteiger partial charge in [0.05, 0.1) is 13.2 Å². The third kappa shape index (κ3) is 4.52. The molecule has 4 nitrogen and oxygen atoms in total. The van der Waals surface area contributed by atoms with Gasteiger partial charge >= 0.3 is 0 Å². The van der Waals surface area contributed by atoms with Gasteiger partial charge in [0, 0.05) is 49.6 Å². The molecule has 0 bridgehead atoms. The summed E-state index contributed by atoms with van der Waals surface area (Å²) in [6.45, 7) is 5.12. The summed E-state index contributed by atoms with van der Waals surface area (Å²) in [5.41, 5.74) is 2.41. The number of halogens is 1. The highest BCUT2D eigenvalue weighted by Gasteiger charge is 2.23. The number of nitrogens with one attached hydrogen (secondary N) is 1. The fraction of sp³-hybridized carbons (Fsp3) is 0.389. The first-order valence-corrected chi connectivity index (χ1v) is 8.38. The van der Waals surface area contributed by atoms with Gasteiger partial charge in [-0.1, -0.05) is 29.8 Å². The Morgan fingerprint density at radius 3 is 2.61 bits per heavy atom. The number of benzene rings is 1. The van der Waals surface area contributed by atoms with E-state index in [0.29, 0.717) is 0 Å². The molecule has 122 valence electrons. The van der Waals surface area contributed by atoms with E-state index >= 15 is 0 Å². The van der Waals surface area contributed by atoms with Crippen molar-refractivity contribution in [2.75, 3.05) is 32.8 Å².